The third kappa shape index (κ3) is 6.19. The molecule has 4 aromatic carbocycles. The van der Waals surface area contributed by atoms with Crippen molar-refractivity contribution in [2.24, 2.45) is 4.99 Å². The number of carbonyl (C=O) groups excluding carboxylic acids is 1. The van der Waals surface area contributed by atoms with Crippen LogP contribution in [0.15, 0.2) is 124 Å². The second-order valence-electron chi connectivity index (χ2n) is 11.7. The normalized spacial score (nSPS) is 14.5. The average Bonchev–Trinajstić information content (AvgIpc) is 3.71. The number of nitro benzene ring substituents is 1. The number of aromatic nitrogens is 2. The van der Waals surface area contributed by atoms with Crippen molar-refractivity contribution in [3.8, 4) is 11.5 Å². The first-order chi connectivity index (χ1) is 25.6. The Balaban J connectivity index is 1.48. The molecule has 13 nitrogen and oxygen atoms in total. The lowest BCUT2D eigenvalue weighted by atomic mass is 9.93. The van der Waals surface area contributed by atoms with Gasteiger partial charge in [0.05, 0.1) is 58.0 Å². The molecule has 2 aromatic heterocycles. The Kier molecular flexibility index (Phi) is 9.28. The van der Waals surface area contributed by atoms with Crippen LogP contribution in [0, 0.1) is 10.1 Å². The Morgan fingerprint density at radius 3 is 2.42 bits per heavy atom. The Bertz CT molecular complexity index is 2770. The number of nitrogens with zero attached hydrogens (tertiary/aromatic N) is 4. The minimum Gasteiger partial charge on any atom is -0.493 e. The van der Waals surface area contributed by atoms with Crippen molar-refractivity contribution in [2.75, 3.05) is 20.8 Å². The summed E-state index contributed by atoms with van der Waals surface area (Å²) in [5.74, 6) is 0.176. The van der Waals surface area contributed by atoms with Crippen LogP contribution in [-0.2, 0) is 19.6 Å². The second kappa shape index (κ2) is 14.0. The summed E-state index contributed by atoms with van der Waals surface area (Å²) in [6, 6.07) is 24.8. The first kappa shape index (κ1) is 35.1. The van der Waals surface area contributed by atoms with Gasteiger partial charge >= 0.3 is 5.97 Å². The second-order valence-corrected chi connectivity index (χ2v) is 14.5. The summed E-state index contributed by atoms with van der Waals surface area (Å²) in [4.78, 5) is 44.1. The van der Waals surface area contributed by atoms with Gasteiger partial charge in [-0.2, -0.15) is 0 Å². The summed E-state index contributed by atoms with van der Waals surface area (Å²) in [7, 11) is -1.32. The van der Waals surface area contributed by atoms with Crippen molar-refractivity contribution >= 4 is 55.7 Å². The highest BCUT2D eigenvalue weighted by molar-refractivity contribution is 7.90. The van der Waals surface area contributed by atoms with Crippen molar-refractivity contribution in [1.29, 1.82) is 0 Å². The zero-order chi connectivity index (χ0) is 37.4. The molecule has 0 radical (unpaired) electrons. The van der Waals surface area contributed by atoms with E-state index in [9.17, 15) is 28.1 Å². The molecule has 268 valence electrons. The van der Waals surface area contributed by atoms with Gasteiger partial charge in [0.1, 0.15) is 0 Å². The van der Waals surface area contributed by atoms with Gasteiger partial charge in [0, 0.05) is 34.8 Å². The largest absolute Gasteiger partial charge is 0.493 e. The van der Waals surface area contributed by atoms with E-state index >= 15 is 0 Å². The van der Waals surface area contributed by atoms with Crippen LogP contribution in [0.25, 0.3) is 22.7 Å². The zero-order valence-electron chi connectivity index (χ0n) is 28.5. The molecule has 0 unspecified atom stereocenters. The lowest BCUT2D eigenvalue weighted by molar-refractivity contribution is -0.385. The molecule has 0 amide bonds. The Morgan fingerprint density at radius 1 is 0.962 bits per heavy atom. The SMILES string of the molecule is CCOC(=O)C1=C(c2ccccc2)N=c2s/c(=C\c3cn(S(=O)(=O)c4cccc([N+](=O)[O-])c4)c4ccccc34)c(=O)n2[C@H]1c1ccc(OC)c(OC)c1. The maximum atomic E-state index is 14.6. The lowest BCUT2D eigenvalue weighted by Gasteiger charge is -2.26. The predicted molar refractivity (Wildman–Crippen MR) is 198 cm³/mol. The molecule has 7 rings (SSSR count). The molecule has 0 fully saturated rings. The number of ether oxygens (including phenoxy) is 3. The third-order valence-electron chi connectivity index (χ3n) is 8.68. The predicted octanol–water partition coefficient (Wildman–Crippen LogP) is 5.05. The number of rotatable bonds is 10. The van der Waals surface area contributed by atoms with Crippen LogP contribution < -0.4 is 24.4 Å². The summed E-state index contributed by atoms with van der Waals surface area (Å²) in [6.45, 7) is 1.77. The van der Waals surface area contributed by atoms with Gasteiger partial charge in [0.25, 0.3) is 21.3 Å². The van der Waals surface area contributed by atoms with Crippen LogP contribution in [0.4, 0.5) is 5.69 Å². The smallest absolute Gasteiger partial charge is 0.338 e. The number of thiazole rings is 1. The Labute approximate surface area is 306 Å². The van der Waals surface area contributed by atoms with Gasteiger partial charge in [-0.05, 0) is 42.8 Å². The number of benzene rings is 4. The summed E-state index contributed by atoms with van der Waals surface area (Å²) >= 11 is 1.08. The van der Waals surface area contributed by atoms with Gasteiger partial charge in [-0.25, -0.2) is 22.2 Å². The molecular weight excluding hydrogens is 721 g/mol. The van der Waals surface area contributed by atoms with Crippen molar-refractivity contribution in [3.63, 3.8) is 0 Å². The molecule has 6 aromatic rings. The quantitative estimate of drug-likeness (QED) is 0.106. The monoisotopic (exact) mass is 750 g/mol. The summed E-state index contributed by atoms with van der Waals surface area (Å²) in [5.41, 5.74) is 1.48. The summed E-state index contributed by atoms with van der Waals surface area (Å²) in [5, 5.41) is 12.0. The first-order valence-corrected chi connectivity index (χ1v) is 18.4. The molecule has 15 heteroatoms. The fourth-order valence-electron chi connectivity index (χ4n) is 6.28. The van der Waals surface area contributed by atoms with Crippen LogP contribution in [0.2, 0.25) is 0 Å². The summed E-state index contributed by atoms with van der Waals surface area (Å²) in [6.07, 6.45) is 2.95. The van der Waals surface area contributed by atoms with Crippen molar-refractivity contribution in [3.05, 3.63) is 155 Å². The molecule has 1 aliphatic rings. The van der Waals surface area contributed by atoms with E-state index in [0.717, 1.165) is 21.4 Å². The number of fused-ring (bicyclic) bond motifs is 2. The number of hydrogen-bond acceptors (Lipinski definition) is 11. The van der Waals surface area contributed by atoms with E-state index < -0.39 is 32.5 Å². The van der Waals surface area contributed by atoms with E-state index in [0.29, 0.717) is 49.6 Å². The van der Waals surface area contributed by atoms with Crippen LogP contribution in [-0.4, -0.2) is 48.7 Å². The highest BCUT2D eigenvalue weighted by Crippen LogP contribution is 2.38. The Morgan fingerprint density at radius 2 is 1.70 bits per heavy atom. The van der Waals surface area contributed by atoms with E-state index in [2.05, 4.69) is 0 Å². The minimum atomic E-state index is -4.31. The number of nitro groups is 1. The Hall–Kier alpha value is -6.32. The highest BCUT2D eigenvalue weighted by Gasteiger charge is 2.36. The van der Waals surface area contributed by atoms with Gasteiger partial charge in [-0.15, -0.1) is 0 Å². The van der Waals surface area contributed by atoms with Crippen LogP contribution in [0.5, 0.6) is 11.5 Å². The van der Waals surface area contributed by atoms with E-state index in [-0.39, 0.29) is 27.3 Å². The van der Waals surface area contributed by atoms with Crippen LogP contribution in [0.3, 0.4) is 0 Å². The van der Waals surface area contributed by atoms with Crippen molar-refractivity contribution < 1.29 is 32.3 Å². The van der Waals surface area contributed by atoms with Crippen LogP contribution >= 0.6 is 11.3 Å². The first-order valence-electron chi connectivity index (χ1n) is 16.2. The fourth-order valence-corrected chi connectivity index (χ4v) is 8.69. The highest BCUT2D eigenvalue weighted by atomic mass is 32.2. The molecule has 1 atom stereocenters. The maximum absolute atomic E-state index is 14.6. The maximum Gasteiger partial charge on any atom is 0.338 e. The zero-order valence-corrected chi connectivity index (χ0v) is 30.1. The molecule has 1 aliphatic heterocycles. The number of para-hydroxylation sites is 1. The van der Waals surface area contributed by atoms with Gasteiger partial charge in [0.2, 0.25) is 0 Å². The molecule has 0 saturated heterocycles. The average molecular weight is 751 g/mol. The number of methoxy groups -OCH3 is 2. The molecule has 0 spiro atoms. The number of carbonyl (C=O) groups is 1. The van der Waals surface area contributed by atoms with Gasteiger partial charge in [0.15, 0.2) is 16.3 Å². The van der Waals surface area contributed by atoms with Crippen molar-refractivity contribution in [2.45, 2.75) is 17.9 Å². The van der Waals surface area contributed by atoms with E-state index in [1.165, 1.54) is 43.2 Å². The van der Waals surface area contributed by atoms with E-state index in [1.54, 1.807) is 55.5 Å². The molecule has 0 N–H and O–H groups in total. The molecule has 53 heavy (non-hydrogen) atoms. The van der Waals surface area contributed by atoms with Gasteiger partial charge in [-0.1, -0.05) is 72.0 Å². The van der Waals surface area contributed by atoms with E-state index in [1.807, 2.05) is 30.3 Å². The van der Waals surface area contributed by atoms with Gasteiger partial charge in [-0.3, -0.25) is 19.5 Å². The molecular formula is C38H30N4O9S2. The third-order valence-corrected chi connectivity index (χ3v) is 11.3. The minimum absolute atomic E-state index is 0.0801. The van der Waals surface area contributed by atoms with Crippen molar-refractivity contribution in [1.82, 2.24) is 8.54 Å². The number of hydrogen-bond donors (Lipinski definition) is 0. The lowest BCUT2D eigenvalue weighted by Crippen LogP contribution is -2.40. The molecule has 0 aliphatic carbocycles. The summed E-state index contributed by atoms with van der Waals surface area (Å²) < 4.78 is 47.1. The topological polar surface area (TPSA) is 161 Å². The molecule has 0 bridgehead atoms. The standard InChI is InChI=1S/C38H30N4O9S2/c1-4-51-37(44)33-34(23-11-6-5-7-12-23)39-38-41(35(33)24-17-18-30(49-2)31(19-24)50-3)36(43)32(52-38)20-25-22-40(29-16-9-8-15-28(25)29)53(47,48)27-14-10-13-26(21-27)42(45)46/h5-22,35H,4H2,1-3H3/b32-20-/t35-/m0/s1. The van der Waals surface area contributed by atoms with E-state index in [4.69, 9.17) is 19.2 Å². The number of esters is 1. The molecule has 3 heterocycles. The van der Waals surface area contributed by atoms with Gasteiger partial charge < -0.3 is 14.2 Å². The van der Waals surface area contributed by atoms with Crippen LogP contribution in [0.1, 0.15) is 29.7 Å². The fraction of sp³-hybridized carbons (Fsp3) is 0.132. The molecule has 0 saturated carbocycles. The number of non-ortho nitro benzene ring substituents is 1.